The molecule has 3 nitrogen and oxygen atoms in total. The summed E-state index contributed by atoms with van der Waals surface area (Å²) in [5.74, 6) is 0.486. The third kappa shape index (κ3) is 3.46. The second kappa shape index (κ2) is 5.86. The van der Waals surface area contributed by atoms with Crippen molar-refractivity contribution in [2.24, 2.45) is 0 Å². The summed E-state index contributed by atoms with van der Waals surface area (Å²) in [6.07, 6.45) is 4.66. The van der Waals surface area contributed by atoms with E-state index >= 15 is 0 Å². The van der Waals surface area contributed by atoms with Crippen molar-refractivity contribution in [1.82, 2.24) is 0 Å². The maximum absolute atomic E-state index is 11.7. The van der Waals surface area contributed by atoms with Crippen LogP contribution >= 0.6 is 22.6 Å². The van der Waals surface area contributed by atoms with Gasteiger partial charge in [0, 0.05) is 15.3 Å². The van der Waals surface area contributed by atoms with Crippen LogP contribution in [-0.4, -0.2) is 5.91 Å². The Labute approximate surface area is 119 Å². The molecule has 1 amide bonds. The Hall–Kier alpha value is -1.56. The number of furan rings is 1. The standard InChI is InChI=1S/C14H12INO2/c1-10-9-11(15)4-6-13(10)16-14(17)7-5-12-3-2-8-18-12/h2-9H,1H3,(H,16,17). The molecule has 0 spiro atoms. The van der Waals surface area contributed by atoms with Crippen molar-refractivity contribution >= 4 is 40.3 Å². The van der Waals surface area contributed by atoms with Gasteiger partial charge in [-0.25, -0.2) is 0 Å². The second-order valence-electron chi connectivity index (χ2n) is 3.80. The number of anilines is 1. The van der Waals surface area contributed by atoms with Crippen molar-refractivity contribution in [1.29, 1.82) is 0 Å². The van der Waals surface area contributed by atoms with E-state index in [2.05, 4.69) is 27.9 Å². The molecule has 1 heterocycles. The number of hydrogen-bond donors (Lipinski definition) is 1. The van der Waals surface area contributed by atoms with E-state index in [0.29, 0.717) is 5.76 Å². The summed E-state index contributed by atoms with van der Waals surface area (Å²) in [6.45, 7) is 1.97. The number of aryl methyl sites for hydroxylation is 1. The number of halogens is 1. The lowest BCUT2D eigenvalue weighted by Crippen LogP contribution is -2.08. The topological polar surface area (TPSA) is 42.2 Å². The van der Waals surface area contributed by atoms with E-state index in [1.807, 2.05) is 25.1 Å². The Balaban J connectivity index is 2.03. The molecule has 92 valence electrons. The molecule has 0 aliphatic heterocycles. The maximum Gasteiger partial charge on any atom is 0.248 e. The first-order valence-corrected chi connectivity index (χ1v) is 6.52. The highest BCUT2D eigenvalue weighted by molar-refractivity contribution is 14.1. The highest BCUT2D eigenvalue weighted by Gasteiger charge is 2.02. The smallest absolute Gasteiger partial charge is 0.248 e. The van der Waals surface area contributed by atoms with Gasteiger partial charge in [0.05, 0.1) is 6.26 Å². The highest BCUT2D eigenvalue weighted by atomic mass is 127. The summed E-state index contributed by atoms with van der Waals surface area (Å²) in [5, 5.41) is 2.83. The molecule has 0 fully saturated rings. The number of amides is 1. The molecule has 0 aliphatic carbocycles. The first-order valence-electron chi connectivity index (χ1n) is 5.44. The molecule has 2 aromatic rings. The fourth-order valence-electron chi connectivity index (χ4n) is 1.49. The van der Waals surface area contributed by atoms with Crippen molar-refractivity contribution in [3.8, 4) is 0 Å². The van der Waals surface area contributed by atoms with Crippen LogP contribution in [0.25, 0.3) is 6.08 Å². The summed E-state index contributed by atoms with van der Waals surface area (Å²) >= 11 is 2.24. The monoisotopic (exact) mass is 353 g/mol. The molecule has 0 atom stereocenters. The first kappa shape index (κ1) is 12.9. The molecule has 0 unspecified atom stereocenters. The third-order valence-corrected chi connectivity index (χ3v) is 3.06. The normalized spacial score (nSPS) is 10.8. The minimum atomic E-state index is -0.171. The van der Waals surface area contributed by atoms with Gasteiger partial charge in [-0.3, -0.25) is 4.79 Å². The summed E-state index contributed by atoms with van der Waals surface area (Å²) in [7, 11) is 0. The molecule has 0 radical (unpaired) electrons. The third-order valence-electron chi connectivity index (χ3n) is 2.39. The Kier molecular flexibility index (Phi) is 4.19. The fraction of sp³-hybridized carbons (Fsp3) is 0.0714. The summed E-state index contributed by atoms with van der Waals surface area (Å²) < 4.78 is 6.25. The second-order valence-corrected chi connectivity index (χ2v) is 5.04. The van der Waals surface area contributed by atoms with Crippen LogP contribution in [0, 0.1) is 10.5 Å². The predicted molar refractivity (Wildman–Crippen MR) is 80.3 cm³/mol. The van der Waals surface area contributed by atoms with Crippen molar-refractivity contribution < 1.29 is 9.21 Å². The summed E-state index contributed by atoms with van der Waals surface area (Å²) in [5.41, 5.74) is 1.87. The Morgan fingerprint density at radius 1 is 1.39 bits per heavy atom. The van der Waals surface area contributed by atoms with E-state index in [-0.39, 0.29) is 5.91 Å². The molecule has 4 heteroatoms. The lowest BCUT2D eigenvalue weighted by Gasteiger charge is -2.06. The molecular weight excluding hydrogens is 341 g/mol. The van der Waals surface area contributed by atoms with E-state index in [9.17, 15) is 4.79 Å². The highest BCUT2D eigenvalue weighted by Crippen LogP contribution is 2.17. The van der Waals surface area contributed by atoms with Crippen LogP contribution in [0.2, 0.25) is 0 Å². The van der Waals surface area contributed by atoms with Gasteiger partial charge in [0.2, 0.25) is 5.91 Å². The average Bonchev–Trinajstić information content (AvgIpc) is 2.83. The predicted octanol–water partition coefficient (Wildman–Crippen LogP) is 3.84. The van der Waals surface area contributed by atoms with Gasteiger partial charge in [-0.1, -0.05) is 0 Å². The first-order chi connectivity index (χ1) is 8.65. The van der Waals surface area contributed by atoms with Crippen molar-refractivity contribution in [2.75, 3.05) is 5.32 Å². The van der Waals surface area contributed by atoms with Gasteiger partial charge >= 0.3 is 0 Å². The van der Waals surface area contributed by atoms with Gasteiger partial charge in [-0.15, -0.1) is 0 Å². The zero-order valence-corrected chi connectivity index (χ0v) is 12.0. The molecule has 0 aliphatic rings. The minimum absolute atomic E-state index is 0.171. The molecule has 0 saturated heterocycles. The number of nitrogens with one attached hydrogen (secondary N) is 1. The summed E-state index contributed by atoms with van der Waals surface area (Å²) in [4.78, 5) is 11.7. The Bertz CT molecular complexity index is 573. The molecular formula is C14H12INO2. The van der Waals surface area contributed by atoms with Crippen molar-refractivity contribution in [3.05, 3.63) is 57.6 Å². The summed E-state index contributed by atoms with van der Waals surface area (Å²) in [6, 6.07) is 9.45. The minimum Gasteiger partial charge on any atom is -0.465 e. The van der Waals surface area contributed by atoms with Gasteiger partial charge in [0.15, 0.2) is 0 Å². The van der Waals surface area contributed by atoms with Gasteiger partial charge in [0.25, 0.3) is 0 Å². The molecule has 1 aromatic heterocycles. The van der Waals surface area contributed by atoms with Crippen LogP contribution in [-0.2, 0) is 4.79 Å². The SMILES string of the molecule is Cc1cc(I)ccc1NC(=O)C=Cc1ccco1. The van der Waals surface area contributed by atoms with Crippen LogP contribution < -0.4 is 5.32 Å². The van der Waals surface area contributed by atoms with Crippen molar-refractivity contribution in [2.45, 2.75) is 6.92 Å². The van der Waals surface area contributed by atoms with Gasteiger partial charge < -0.3 is 9.73 Å². The number of hydrogen-bond acceptors (Lipinski definition) is 2. The zero-order valence-electron chi connectivity index (χ0n) is 9.81. The number of rotatable bonds is 3. The van der Waals surface area contributed by atoms with Gasteiger partial charge in [-0.2, -0.15) is 0 Å². The van der Waals surface area contributed by atoms with Crippen LogP contribution in [0.15, 0.2) is 47.1 Å². The Morgan fingerprint density at radius 3 is 2.89 bits per heavy atom. The van der Waals surface area contributed by atoms with Crippen LogP contribution in [0.5, 0.6) is 0 Å². The van der Waals surface area contributed by atoms with Crippen LogP contribution in [0.4, 0.5) is 5.69 Å². The van der Waals surface area contributed by atoms with Gasteiger partial charge in [0.1, 0.15) is 5.76 Å². The van der Waals surface area contributed by atoms with E-state index < -0.39 is 0 Å². The average molecular weight is 353 g/mol. The number of carbonyl (C=O) groups is 1. The lowest BCUT2D eigenvalue weighted by atomic mass is 10.2. The maximum atomic E-state index is 11.7. The molecule has 1 aromatic carbocycles. The van der Waals surface area contributed by atoms with Crippen molar-refractivity contribution in [3.63, 3.8) is 0 Å². The lowest BCUT2D eigenvalue weighted by molar-refractivity contribution is -0.111. The molecule has 18 heavy (non-hydrogen) atoms. The quantitative estimate of drug-likeness (QED) is 0.673. The molecule has 0 bridgehead atoms. The molecule has 0 saturated carbocycles. The van der Waals surface area contributed by atoms with E-state index in [1.165, 1.54) is 6.08 Å². The van der Waals surface area contributed by atoms with Gasteiger partial charge in [-0.05, 0) is 71.5 Å². The fourth-order valence-corrected chi connectivity index (χ4v) is 2.13. The number of benzene rings is 1. The zero-order chi connectivity index (χ0) is 13.0. The Morgan fingerprint density at radius 2 is 2.22 bits per heavy atom. The van der Waals surface area contributed by atoms with Crippen LogP contribution in [0.1, 0.15) is 11.3 Å². The van der Waals surface area contributed by atoms with E-state index in [4.69, 9.17) is 4.42 Å². The molecule has 2 rings (SSSR count). The number of carbonyl (C=O) groups excluding carboxylic acids is 1. The van der Waals surface area contributed by atoms with E-state index in [1.54, 1.807) is 24.5 Å². The molecule has 1 N–H and O–H groups in total. The van der Waals surface area contributed by atoms with Crippen LogP contribution in [0.3, 0.4) is 0 Å². The van der Waals surface area contributed by atoms with E-state index in [0.717, 1.165) is 14.8 Å². The largest absolute Gasteiger partial charge is 0.465 e.